The molecular formula is C14H22N2O3. The molecule has 19 heavy (non-hydrogen) atoms. The normalized spacial score (nSPS) is 18.2. The first-order valence-corrected chi connectivity index (χ1v) is 6.87. The van der Waals surface area contributed by atoms with E-state index in [-0.39, 0.29) is 30.2 Å². The highest BCUT2D eigenvalue weighted by Gasteiger charge is 2.32. The van der Waals surface area contributed by atoms with Gasteiger partial charge < -0.3 is 20.6 Å². The molecule has 1 heterocycles. The van der Waals surface area contributed by atoms with Crippen LogP contribution >= 0.6 is 0 Å². The van der Waals surface area contributed by atoms with Gasteiger partial charge in [0.25, 0.3) is 5.91 Å². The third kappa shape index (κ3) is 3.36. The minimum absolute atomic E-state index is 0.124. The topological polar surface area (TPSA) is 88.5 Å². The van der Waals surface area contributed by atoms with Gasteiger partial charge in [0.15, 0.2) is 5.76 Å². The van der Waals surface area contributed by atoms with Crippen LogP contribution in [0.5, 0.6) is 0 Å². The molecule has 1 aromatic heterocycles. The van der Waals surface area contributed by atoms with Crippen LogP contribution in [0, 0.1) is 5.41 Å². The predicted octanol–water partition coefficient (Wildman–Crippen LogP) is 1.41. The highest BCUT2D eigenvalue weighted by atomic mass is 16.4. The summed E-state index contributed by atoms with van der Waals surface area (Å²) < 4.78 is 5.30. The largest absolute Gasteiger partial charge is 0.455 e. The number of nitrogens with one attached hydrogen (secondary N) is 1. The van der Waals surface area contributed by atoms with E-state index in [2.05, 4.69) is 5.32 Å². The minimum Gasteiger partial charge on any atom is -0.455 e. The molecule has 0 unspecified atom stereocenters. The van der Waals surface area contributed by atoms with Crippen molar-refractivity contribution in [2.24, 2.45) is 11.1 Å². The number of hydrogen-bond donors (Lipinski definition) is 3. The van der Waals surface area contributed by atoms with Gasteiger partial charge in [-0.05, 0) is 25.0 Å². The molecule has 1 amide bonds. The van der Waals surface area contributed by atoms with Gasteiger partial charge in [0.2, 0.25) is 0 Å². The summed E-state index contributed by atoms with van der Waals surface area (Å²) >= 11 is 0. The fraction of sp³-hybridized carbons (Fsp3) is 0.643. The van der Waals surface area contributed by atoms with Crippen LogP contribution in [-0.2, 0) is 6.54 Å². The zero-order valence-electron chi connectivity index (χ0n) is 11.2. The summed E-state index contributed by atoms with van der Waals surface area (Å²) in [4.78, 5) is 11.9. The van der Waals surface area contributed by atoms with Gasteiger partial charge in [0, 0.05) is 12.0 Å². The van der Waals surface area contributed by atoms with E-state index in [1.54, 1.807) is 12.1 Å². The second-order valence-corrected chi connectivity index (χ2v) is 5.37. The zero-order chi connectivity index (χ0) is 13.7. The van der Waals surface area contributed by atoms with E-state index in [0.717, 1.165) is 25.7 Å². The quantitative estimate of drug-likeness (QED) is 0.752. The number of carbonyl (C=O) groups excluding carboxylic acids is 1. The fourth-order valence-electron chi connectivity index (χ4n) is 2.66. The molecule has 0 aliphatic heterocycles. The molecule has 0 atom stereocenters. The van der Waals surface area contributed by atoms with Crippen LogP contribution in [0.15, 0.2) is 16.5 Å². The molecule has 1 aromatic rings. The Morgan fingerprint density at radius 2 is 2.11 bits per heavy atom. The van der Waals surface area contributed by atoms with Gasteiger partial charge >= 0.3 is 0 Å². The third-order valence-electron chi connectivity index (χ3n) is 3.96. The molecule has 0 bridgehead atoms. The van der Waals surface area contributed by atoms with Gasteiger partial charge in [-0.3, -0.25) is 4.79 Å². The lowest BCUT2D eigenvalue weighted by atomic mass is 9.74. The number of furan rings is 1. The summed E-state index contributed by atoms with van der Waals surface area (Å²) in [5, 5.41) is 12.4. The van der Waals surface area contributed by atoms with Crippen LogP contribution in [0.2, 0.25) is 0 Å². The smallest absolute Gasteiger partial charge is 0.287 e. The molecule has 0 radical (unpaired) electrons. The number of hydrogen-bond acceptors (Lipinski definition) is 4. The second-order valence-electron chi connectivity index (χ2n) is 5.37. The molecule has 106 valence electrons. The first-order valence-electron chi connectivity index (χ1n) is 6.87. The molecule has 0 spiro atoms. The SMILES string of the molecule is NCc1ccc(C(=O)NCC2(CO)CCCCC2)o1. The van der Waals surface area contributed by atoms with Crippen LogP contribution in [0.4, 0.5) is 0 Å². The Morgan fingerprint density at radius 3 is 2.68 bits per heavy atom. The summed E-state index contributed by atoms with van der Waals surface area (Å²) in [5.41, 5.74) is 5.28. The van der Waals surface area contributed by atoms with Gasteiger partial charge in [-0.15, -0.1) is 0 Å². The zero-order valence-corrected chi connectivity index (χ0v) is 11.2. The Balaban J connectivity index is 1.91. The monoisotopic (exact) mass is 266 g/mol. The first-order chi connectivity index (χ1) is 9.19. The van der Waals surface area contributed by atoms with Gasteiger partial charge in [-0.25, -0.2) is 0 Å². The average molecular weight is 266 g/mol. The molecule has 1 fully saturated rings. The van der Waals surface area contributed by atoms with Crippen LogP contribution in [0.3, 0.4) is 0 Å². The van der Waals surface area contributed by atoms with Crippen LogP contribution in [-0.4, -0.2) is 24.2 Å². The number of aliphatic hydroxyl groups excluding tert-OH is 1. The average Bonchev–Trinajstić information content (AvgIpc) is 2.95. The summed E-state index contributed by atoms with van der Waals surface area (Å²) in [6.45, 7) is 0.911. The van der Waals surface area contributed by atoms with E-state index in [0.29, 0.717) is 12.3 Å². The van der Waals surface area contributed by atoms with Crippen LogP contribution in [0.25, 0.3) is 0 Å². The van der Waals surface area contributed by atoms with Crippen molar-refractivity contribution in [1.82, 2.24) is 5.32 Å². The van der Waals surface area contributed by atoms with Crippen molar-refractivity contribution in [3.8, 4) is 0 Å². The van der Waals surface area contributed by atoms with E-state index >= 15 is 0 Å². The number of aliphatic hydroxyl groups is 1. The van der Waals surface area contributed by atoms with Crippen molar-refractivity contribution < 1.29 is 14.3 Å². The minimum atomic E-state index is -0.238. The molecule has 1 aliphatic rings. The van der Waals surface area contributed by atoms with Gasteiger partial charge in [0.1, 0.15) is 5.76 Å². The predicted molar refractivity (Wildman–Crippen MR) is 71.5 cm³/mol. The third-order valence-corrected chi connectivity index (χ3v) is 3.96. The highest BCUT2D eigenvalue weighted by Crippen LogP contribution is 2.35. The summed E-state index contributed by atoms with van der Waals surface area (Å²) in [6, 6.07) is 3.33. The maximum Gasteiger partial charge on any atom is 0.287 e. The van der Waals surface area contributed by atoms with Crippen LogP contribution < -0.4 is 11.1 Å². The van der Waals surface area contributed by atoms with Crippen molar-refractivity contribution in [2.75, 3.05) is 13.2 Å². The first kappa shape index (κ1) is 14.1. The Hall–Kier alpha value is -1.33. The molecule has 0 aromatic carbocycles. The van der Waals surface area contributed by atoms with E-state index < -0.39 is 0 Å². The molecule has 2 rings (SSSR count). The Labute approximate surface area is 113 Å². The summed E-state index contributed by atoms with van der Waals surface area (Å²) in [7, 11) is 0. The second kappa shape index (κ2) is 6.21. The molecule has 0 saturated heterocycles. The number of carbonyl (C=O) groups is 1. The lowest BCUT2D eigenvalue weighted by Crippen LogP contribution is -2.41. The van der Waals surface area contributed by atoms with Crippen molar-refractivity contribution in [3.63, 3.8) is 0 Å². The number of amides is 1. The Morgan fingerprint density at radius 1 is 1.37 bits per heavy atom. The fourth-order valence-corrected chi connectivity index (χ4v) is 2.66. The van der Waals surface area contributed by atoms with Crippen molar-refractivity contribution >= 4 is 5.91 Å². The standard InChI is InChI=1S/C14H22N2O3/c15-8-11-4-5-12(19-11)13(18)16-9-14(10-17)6-2-1-3-7-14/h4-5,17H,1-3,6-10,15H2,(H,16,18). The molecule has 1 saturated carbocycles. The highest BCUT2D eigenvalue weighted by molar-refractivity contribution is 5.91. The van der Waals surface area contributed by atoms with Crippen molar-refractivity contribution in [2.45, 2.75) is 38.6 Å². The molecule has 1 aliphatic carbocycles. The maximum atomic E-state index is 11.9. The van der Waals surface area contributed by atoms with Crippen LogP contribution in [0.1, 0.15) is 48.4 Å². The lowest BCUT2D eigenvalue weighted by Gasteiger charge is -2.35. The van der Waals surface area contributed by atoms with Gasteiger partial charge in [-0.2, -0.15) is 0 Å². The number of nitrogens with two attached hydrogens (primary N) is 1. The summed E-state index contributed by atoms with van der Waals surface area (Å²) in [5.74, 6) is 0.641. The Bertz CT molecular complexity index is 422. The Kier molecular flexibility index (Phi) is 4.61. The molecule has 4 N–H and O–H groups in total. The van der Waals surface area contributed by atoms with Crippen molar-refractivity contribution in [3.05, 3.63) is 23.7 Å². The number of rotatable bonds is 5. The van der Waals surface area contributed by atoms with E-state index in [4.69, 9.17) is 10.2 Å². The van der Waals surface area contributed by atoms with Gasteiger partial charge in [-0.1, -0.05) is 19.3 Å². The lowest BCUT2D eigenvalue weighted by molar-refractivity contribution is 0.0703. The maximum absolute atomic E-state index is 11.9. The van der Waals surface area contributed by atoms with E-state index in [1.165, 1.54) is 6.42 Å². The van der Waals surface area contributed by atoms with Crippen molar-refractivity contribution in [1.29, 1.82) is 0 Å². The van der Waals surface area contributed by atoms with E-state index in [9.17, 15) is 9.90 Å². The molecule has 5 heteroatoms. The molecule has 5 nitrogen and oxygen atoms in total. The molecular weight excluding hydrogens is 244 g/mol. The summed E-state index contributed by atoms with van der Waals surface area (Å²) in [6.07, 6.45) is 5.39. The van der Waals surface area contributed by atoms with Gasteiger partial charge in [0.05, 0.1) is 13.2 Å². The van der Waals surface area contributed by atoms with E-state index in [1.807, 2.05) is 0 Å².